The van der Waals surface area contributed by atoms with Crippen LogP contribution in [0.25, 0.3) is 0 Å². The highest BCUT2D eigenvalue weighted by atomic mass is 79.9. The van der Waals surface area contributed by atoms with Crippen LogP contribution in [0.4, 0.5) is 0 Å². The van der Waals surface area contributed by atoms with Gasteiger partial charge in [-0.25, -0.2) is 5.43 Å². The molecule has 2 N–H and O–H groups in total. The van der Waals surface area contributed by atoms with Gasteiger partial charge in [0.15, 0.2) is 11.5 Å². The van der Waals surface area contributed by atoms with Crippen molar-refractivity contribution in [3.05, 3.63) is 22.2 Å². The number of methoxy groups -OCH3 is 1. The van der Waals surface area contributed by atoms with Crippen LogP contribution in [0.15, 0.2) is 21.7 Å². The summed E-state index contributed by atoms with van der Waals surface area (Å²) in [6.45, 7) is 2.60. The molecule has 1 aliphatic rings. The fraction of sp³-hybridized carbons (Fsp3) is 0.438. The molecule has 0 radical (unpaired) electrons. The average molecular weight is 398 g/mol. The van der Waals surface area contributed by atoms with Crippen LogP contribution in [0.3, 0.4) is 0 Å². The summed E-state index contributed by atoms with van der Waals surface area (Å²) >= 11 is 3.43. The van der Waals surface area contributed by atoms with E-state index in [9.17, 15) is 9.59 Å². The van der Waals surface area contributed by atoms with Crippen molar-refractivity contribution in [3.8, 4) is 11.5 Å². The summed E-state index contributed by atoms with van der Waals surface area (Å²) in [6, 6.07) is 3.64. The number of ether oxygens (including phenoxy) is 2. The minimum Gasteiger partial charge on any atom is -0.493 e. The Morgan fingerprint density at radius 2 is 2.12 bits per heavy atom. The maximum atomic E-state index is 11.6. The second kappa shape index (κ2) is 8.68. The second-order valence-electron chi connectivity index (χ2n) is 5.33. The lowest BCUT2D eigenvalue weighted by Gasteiger charge is -2.12. The standard InChI is InChI=1S/C16H20BrN3O4/c1-3-6-24-14-12(17)7-10(8-13(14)23-2)9-18-20-16(22)15(21)19-11-4-5-11/h7-9,11H,3-6H2,1-2H3,(H,19,21)(H,20,22)/b18-9-. The van der Waals surface area contributed by atoms with Crippen molar-refractivity contribution >= 4 is 34.0 Å². The summed E-state index contributed by atoms with van der Waals surface area (Å²) in [6.07, 6.45) is 4.15. The van der Waals surface area contributed by atoms with Crippen molar-refractivity contribution in [2.45, 2.75) is 32.2 Å². The Morgan fingerprint density at radius 3 is 2.75 bits per heavy atom. The predicted octanol–water partition coefficient (Wildman–Crippen LogP) is 1.98. The summed E-state index contributed by atoms with van der Waals surface area (Å²) < 4.78 is 11.7. The van der Waals surface area contributed by atoms with Gasteiger partial charge in [-0.2, -0.15) is 5.10 Å². The molecule has 1 aliphatic carbocycles. The largest absolute Gasteiger partial charge is 0.493 e. The van der Waals surface area contributed by atoms with Crippen molar-refractivity contribution in [2.24, 2.45) is 5.10 Å². The van der Waals surface area contributed by atoms with Gasteiger partial charge in [-0.05, 0) is 52.9 Å². The minimum atomic E-state index is -0.785. The zero-order chi connectivity index (χ0) is 17.5. The Balaban J connectivity index is 1.99. The van der Waals surface area contributed by atoms with E-state index in [4.69, 9.17) is 9.47 Å². The maximum Gasteiger partial charge on any atom is 0.329 e. The van der Waals surface area contributed by atoms with Gasteiger partial charge in [0, 0.05) is 6.04 Å². The van der Waals surface area contributed by atoms with Crippen LogP contribution in [0, 0.1) is 0 Å². The molecule has 1 aromatic carbocycles. The molecule has 0 bridgehead atoms. The van der Waals surface area contributed by atoms with Crippen LogP contribution >= 0.6 is 15.9 Å². The monoisotopic (exact) mass is 397 g/mol. The molecule has 0 saturated heterocycles. The van der Waals surface area contributed by atoms with E-state index in [-0.39, 0.29) is 6.04 Å². The van der Waals surface area contributed by atoms with Crippen LogP contribution in [0.1, 0.15) is 31.7 Å². The normalized spacial score (nSPS) is 13.6. The van der Waals surface area contributed by atoms with Crippen molar-refractivity contribution < 1.29 is 19.1 Å². The number of carbonyl (C=O) groups excluding carboxylic acids is 2. The average Bonchev–Trinajstić information content (AvgIpc) is 3.37. The molecule has 0 spiro atoms. The van der Waals surface area contributed by atoms with Gasteiger partial charge in [0.1, 0.15) is 0 Å². The van der Waals surface area contributed by atoms with E-state index in [0.29, 0.717) is 23.7 Å². The van der Waals surface area contributed by atoms with E-state index in [2.05, 4.69) is 31.8 Å². The quantitative estimate of drug-likeness (QED) is 0.418. The molecule has 24 heavy (non-hydrogen) atoms. The third-order valence-corrected chi connectivity index (χ3v) is 3.79. The van der Waals surface area contributed by atoms with E-state index in [1.165, 1.54) is 6.21 Å². The molecule has 7 nitrogen and oxygen atoms in total. The number of nitrogens with zero attached hydrogens (tertiary/aromatic N) is 1. The molecule has 2 rings (SSSR count). The number of hydrazone groups is 1. The molecular formula is C16H20BrN3O4. The Hall–Kier alpha value is -2.09. The summed E-state index contributed by atoms with van der Waals surface area (Å²) in [7, 11) is 1.55. The molecule has 0 aliphatic heterocycles. The highest BCUT2D eigenvalue weighted by molar-refractivity contribution is 9.10. The van der Waals surface area contributed by atoms with Crippen molar-refractivity contribution in [2.75, 3.05) is 13.7 Å². The number of hydrogen-bond donors (Lipinski definition) is 2. The zero-order valence-corrected chi connectivity index (χ0v) is 15.2. The topological polar surface area (TPSA) is 89.0 Å². The van der Waals surface area contributed by atoms with Gasteiger partial charge in [0.2, 0.25) is 0 Å². The maximum absolute atomic E-state index is 11.6. The smallest absolute Gasteiger partial charge is 0.329 e. The van der Waals surface area contributed by atoms with E-state index in [1.807, 2.05) is 6.92 Å². The van der Waals surface area contributed by atoms with Gasteiger partial charge in [-0.3, -0.25) is 9.59 Å². The van der Waals surface area contributed by atoms with E-state index in [1.54, 1.807) is 19.2 Å². The number of amides is 2. The van der Waals surface area contributed by atoms with Crippen molar-refractivity contribution in [1.82, 2.24) is 10.7 Å². The Morgan fingerprint density at radius 1 is 1.38 bits per heavy atom. The molecule has 1 aromatic rings. The first kappa shape index (κ1) is 18.3. The summed E-state index contributed by atoms with van der Waals surface area (Å²) in [4.78, 5) is 23.1. The predicted molar refractivity (Wildman–Crippen MR) is 93.4 cm³/mol. The summed E-state index contributed by atoms with van der Waals surface area (Å²) in [5, 5.41) is 6.38. The lowest BCUT2D eigenvalue weighted by Crippen LogP contribution is -2.38. The second-order valence-corrected chi connectivity index (χ2v) is 6.18. The van der Waals surface area contributed by atoms with Crippen LogP contribution < -0.4 is 20.2 Å². The van der Waals surface area contributed by atoms with Crippen LogP contribution in [-0.4, -0.2) is 37.8 Å². The summed E-state index contributed by atoms with van der Waals surface area (Å²) in [5.41, 5.74) is 2.89. The molecular weight excluding hydrogens is 378 g/mol. The molecule has 0 atom stereocenters. The van der Waals surface area contributed by atoms with Gasteiger partial charge in [-0.15, -0.1) is 0 Å². The van der Waals surface area contributed by atoms with Gasteiger partial charge in [0.05, 0.1) is 24.4 Å². The molecule has 130 valence electrons. The number of benzene rings is 1. The first-order valence-corrected chi connectivity index (χ1v) is 8.48. The third kappa shape index (κ3) is 5.23. The molecule has 1 fully saturated rings. The van der Waals surface area contributed by atoms with Gasteiger partial charge in [-0.1, -0.05) is 6.92 Å². The molecule has 1 saturated carbocycles. The van der Waals surface area contributed by atoms with E-state index < -0.39 is 11.8 Å². The molecule has 0 heterocycles. The molecule has 8 heteroatoms. The number of halogens is 1. The van der Waals surface area contributed by atoms with Crippen LogP contribution in [0.5, 0.6) is 11.5 Å². The first-order chi connectivity index (χ1) is 11.5. The SMILES string of the molecule is CCCOc1c(Br)cc(/C=N\NC(=O)C(=O)NC2CC2)cc1OC. The van der Waals surface area contributed by atoms with Crippen molar-refractivity contribution in [1.29, 1.82) is 0 Å². The van der Waals surface area contributed by atoms with Crippen molar-refractivity contribution in [3.63, 3.8) is 0 Å². The van der Waals surface area contributed by atoms with E-state index in [0.717, 1.165) is 23.7 Å². The Bertz CT molecular complexity index is 644. The molecule has 2 amide bonds. The highest BCUT2D eigenvalue weighted by Gasteiger charge is 2.26. The Kier molecular flexibility index (Phi) is 6.60. The molecule has 0 aromatic heterocycles. The van der Waals surface area contributed by atoms with Gasteiger partial charge >= 0.3 is 11.8 Å². The van der Waals surface area contributed by atoms with Crippen LogP contribution in [0.2, 0.25) is 0 Å². The lowest BCUT2D eigenvalue weighted by molar-refractivity contribution is -0.139. The number of hydrogen-bond acceptors (Lipinski definition) is 5. The molecule has 0 unspecified atom stereocenters. The zero-order valence-electron chi connectivity index (χ0n) is 13.6. The first-order valence-electron chi connectivity index (χ1n) is 7.69. The van der Waals surface area contributed by atoms with Gasteiger partial charge < -0.3 is 14.8 Å². The fourth-order valence-electron chi connectivity index (χ4n) is 1.85. The number of rotatable bonds is 7. The fourth-order valence-corrected chi connectivity index (χ4v) is 2.43. The van der Waals surface area contributed by atoms with Crippen LogP contribution in [-0.2, 0) is 9.59 Å². The minimum absolute atomic E-state index is 0.128. The third-order valence-electron chi connectivity index (χ3n) is 3.20. The summed E-state index contributed by atoms with van der Waals surface area (Å²) in [5.74, 6) is -0.287. The van der Waals surface area contributed by atoms with Gasteiger partial charge in [0.25, 0.3) is 0 Å². The number of nitrogens with one attached hydrogen (secondary N) is 2. The Labute approximate surface area is 148 Å². The number of carbonyl (C=O) groups is 2. The highest BCUT2D eigenvalue weighted by Crippen LogP contribution is 2.36. The van der Waals surface area contributed by atoms with E-state index >= 15 is 0 Å². The lowest BCUT2D eigenvalue weighted by atomic mass is 10.2.